The summed E-state index contributed by atoms with van der Waals surface area (Å²) in [5.74, 6) is 1.76. The van der Waals surface area contributed by atoms with Gasteiger partial charge in [0.05, 0.1) is 11.3 Å². The van der Waals surface area contributed by atoms with E-state index in [1.807, 2.05) is 30.5 Å². The van der Waals surface area contributed by atoms with Crippen LogP contribution in [0.5, 0.6) is 0 Å². The second-order valence-corrected chi connectivity index (χ2v) is 7.42. The summed E-state index contributed by atoms with van der Waals surface area (Å²) >= 11 is 3.55. The van der Waals surface area contributed by atoms with E-state index in [0.29, 0.717) is 12.0 Å². The summed E-state index contributed by atoms with van der Waals surface area (Å²) in [7, 11) is 0. The third-order valence-electron chi connectivity index (χ3n) is 5.23. The van der Waals surface area contributed by atoms with Gasteiger partial charge in [-0.15, -0.1) is 0 Å². The molecule has 4 nitrogen and oxygen atoms in total. The molecule has 0 saturated carbocycles. The molecule has 2 fully saturated rings. The van der Waals surface area contributed by atoms with Crippen LogP contribution in [0.2, 0.25) is 0 Å². The molecule has 2 saturated heterocycles. The first-order valence-corrected chi connectivity index (χ1v) is 9.18. The van der Waals surface area contributed by atoms with Gasteiger partial charge in [0, 0.05) is 36.3 Å². The lowest BCUT2D eigenvalue weighted by atomic mass is 9.92. The fourth-order valence-corrected chi connectivity index (χ4v) is 4.37. The molecule has 0 radical (unpaired) electrons. The molecule has 122 valence electrons. The van der Waals surface area contributed by atoms with Gasteiger partial charge in [-0.05, 0) is 49.1 Å². The molecule has 24 heavy (non-hydrogen) atoms. The third kappa shape index (κ3) is 2.76. The molecule has 0 bridgehead atoms. The minimum absolute atomic E-state index is 0.446. The van der Waals surface area contributed by atoms with Gasteiger partial charge in [0.25, 0.3) is 0 Å². The number of halogens is 1. The summed E-state index contributed by atoms with van der Waals surface area (Å²) < 4.78 is 1.03. The van der Waals surface area contributed by atoms with E-state index in [-0.39, 0.29) is 0 Å². The number of hydrogen-bond acceptors (Lipinski definition) is 4. The predicted molar refractivity (Wildman–Crippen MR) is 99.2 cm³/mol. The van der Waals surface area contributed by atoms with Gasteiger partial charge in [-0.1, -0.05) is 22.0 Å². The van der Waals surface area contributed by atoms with E-state index >= 15 is 0 Å². The van der Waals surface area contributed by atoms with Crippen LogP contribution in [0.25, 0.3) is 0 Å². The fraction of sp³-hybridized carbons (Fsp3) is 0.368. The molecule has 1 aromatic carbocycles. The van der Waals surface area contributed by atoms with Gasteiger partial charge in [0.1, 0.15) is 11.9 Å². The molecular formula is C19H19BrN4. The number of fused-ring (bicyclic) bond motifs is 1. The molecule has 2 unspecified atom stereocenters. The summed E-state index contributed by atoms with van der Waals surface area (Å²) in [4.78, 5) is 9.32. The van der Waals surface area contributed by atoms with Gasteiger partial charge in [0.2, 0.25) is 0 Å². The number of nitrogens with zero attached hydrogens (tertiary/aromatic N) is 4. The standard InChI is InChI=1S/C19H19BrN4/c20-16-5-4-15(12-21)17(11-16)24-10-7-14-6-9-23(13-18(14)24)19-3-1-2-8-22-19/h1-5,8,11,14,18H,6-7,9-10,13H2. The van der Waals surface area contributed by atoms with Crippen LogP contribution in [0.4, 0.5) is 11.5 Å². The molecular weight excluding hydrogens is 364 g/mol. The summed E-state index contributed by atoms with van der Waals surface area (Å²) in [6.45, 7) is 3.06. The molecule has 3 heterocycles. The molecule has 0 aliphatic carbocycles. The van der Waals surface area contributed by atoms with Crippen LogP contribution in [0.3, 0.4) is 0 Å². The van der Waals surface area contributed by atoms with E-state index in [2.05, 4.69) is 48.9 Å². The number of pyridine rings is 1. The molecule has 0 amide bonds. The van der Waals surface area contributed by atoms with Gasteiger partial charge in [-0.25, -0.2) is 4.98 Å². The smallest absolute Gasteiger partial charge is 0.128 e. The lowest BCUT2D eigenvalue weighted by Gasteiger charge is -2.40. The Morgan fingerprint density at radius 3 is 2.83 bits per heavy atom. The van der Waals surface area contributed by atoms with Crippen LogP contribution in [0.15, 0.2) is 47.1 Å². The average Bonchev–Trinajstić information content (AvgIpc) is 3.05. The Morgan fingerprint density at radius 2 is 2.04 bits per heavy atom. The molecule has 1 aromatic heterocycles. The first-order chi connectivity index (χ1) is 11.8. The summed E-state index contributed by atoms with van der Waals surface area (Å²) in [6.07, 6.45) is 4.25. The van der Waals surface area contributed by atoms with Crippen LogP contribution >= 0.6 is 15.9 Å². The van der Waals surface area contributed by atoms with Crippen molar-refractivity contribution in [2.24, 2.45) is 5.92 Å². The van der Waals surface area contributed by atoms with E-state index in [0.717, 1.165) is 41.2 Å². The molecule has 2 atom stereocenters. The van der Waals surface area contributed by atoms with Gasteiger partial charge in [-0.2, -0.15) is 5.26 Å². The van der Waals surface area contributed by atoms with Crippen LogP contribution in [-0.4, -0.2) is 30.7 Å². The van der Waals surface area contributed by atoms with Crippen LogP contribution in [-0.2, 0) is 0 Å². The largest absolute Gasteiger partial charge is 0.365 e. The van der Waals surface area contributed by atoms with E-state index in [1.165, 1.54) is 12.8 Å². The fourth-order valence-electron chi connectivity index (χ4n) is 4.03. The van der Waals surface area contributed by atoms with Crippen molar-refractivity contribution in [2.45, 2.75) is 18.9 Å². The minimum Gasteiger partial charge on any atom is -0.365 e. The zero-order valence-corrected chi connectivity index (χ0v) is 15.0. The average molecular weight is 383 g/mol. The number of aromatic nitrogens is 1. The Labute approximate surface area is 150 Å². The number of benzene rings is 1. The Bertz CT molecular complexity index is 771. The lowest BCUT2D eigenvalue weighted by Crippen LogP contribution is -2.48. The molecule has 5 heteroatoms. The maximum atomic E-state index is 9.48. The quantitative estimate of drug-likeness (QED) is 0.791. The molecule has 0 spiro atoms. The van der Waals surface area contributed by atoms with Crippen molar-refractivity contribution in [1.29, 1.82) is 5.26 Å². The van der Waals surface area contributed by atoms with Gasteiger partial charge in [0.15, 0.2) is 0 Å². The maximum absolute atomic E-state index is 9.48. The Morgan fingerprint density at radius 1 is 1.17 bits per heavy atom. The van der Waals surface area contributed by atoms with Crippen molar-refractivity contribution in [3.63, 3.8) is 0 Å². The molecule has 2 aliphatic heterocycles. The van der Waals surface area contributed by atoms with Gasteiger partial charge < -0.3 is 9.80 Å². The summed E-state index contributed by atoms with van der Waals surface area (Å²) in [5.41, 5.74) is 1.82. The number of rotatable bonds is 2. The zero-order valence-electron chi connectivity index (χ0n) is 13.4. The Hall–Kier alpha value is -2.06. The monoisotopic (exact) mass is 382 g/mol. The van der Waals surface area contributed by atoms with Crippen molar-refractivity contribution < 1.29 is 0 Å². The lowest BCUT2D eigenvalue weighted by molar-refractivity contribution is 0.389. The molecule has 2 aromatic rings. The van der Waals surface area contributed by atoms with Crippen LogP contribution in [0.1, 0.15) is 18.4 Å². The molecule has 4 rings (SSSR count). The number of hydrogen-bond donors (Lipinski definition) is 0. The Kier molecular flexibility index (Phi) is 4.15. The summed E-state index contributed by atoms with van der Waals surface area (Å²) in [6, 6.07) is 14.8. The molecule has 0 N–H and O–H groups in total. The van der Waals surface area contributed by atoms with Crippen molar-refractivity contribution in [2.75, 3.05) is 29.4 Å². The Balaban J connectivity index is 1.63. The highest BCUT2D eigenvalue weighted by atomic mass is 79.9. The first kappa shape index (κ1) is 15.5. The van der Waals surface area contributed by atoms with Crippen molar-refractivity contribution >= 4 is 27.4 Å². The third-order valence-corrected chi connectivity index (χ3v) is 5.72. The van der Waals surface area contributed by atoms with Crippen LogP contribution in [0, 0.1) is 17.2 Å². The predicted octanol–water partition coefficient (Wildman–Crippen LogP) is 3.82. The van der Waals surface area contributed by atoms with E-state index in [1.54, 1.807) is 0 Å². The highest BCUT2D eigenvalue weighted by Crippen LogP contribution is 2.38. The van der Waals surface area contributed by atoms with Crippen molar-refractivity contribution in [3.05, 3.63) is 52.6 Å². The summed E-state index contributed by atoms with van der Waals surface area (Å²) in [5, 5.41) is 9.48. The SMILES string of the molecule is N#Cc1ccc(Br)cc1N1CCC2CCN(c3ccccn3)CC21. The minimum atomic E-state index is 0.446. The zero-order chi connectivity index (χ0) is 16.5. The van der Waals surface area contributed by atoms with E-state index in [4.69, 9.17) is 0 Å². The first-order valence-electron chi connectivity index (χ1n) is 8.38. The maximum Gasteiger partial charge on any atom is 0.128 e. The van der Waals surface area contributed by atoms with E-state index < -0.39 is 0 Å². The topological polar surface area (TPSA) is 43.2 Å². The second kappa shape index (κ2) is 6.45. The van der Waals surface area contributed by atoms with Crippen molar-refractivity contribution in [3.8, 4) is 6.07 Å². The number of anilines is 2. The van der Waals surface area contributed by atoms with Gasteiger partial charge in [-0.3, -0.25) is 0 Å². The van der Waals surface area contributed by atoms with Gasteiger partial charge >= 0.3 is 0 Å². The highest BCUT2D eigenvalue weighted by molar-refractivity contribution is 9.10. The normalized spacial score (nSPS) is 23.0. The number of nitriles is 1. The van der Waals surface area contributed by atoms with E-state index in [9.17, 15) is 5.26 Å². The second-order valence-electron chi connectivity index (χ2n) is 6.51. The molecule has 2 aliphatic rings. The highest BCUT2D eigenvalue weighted by Gasteiger charge is 2.39. The van der Waals surface area contributed by atoms with Crippen molar-refractivity contribution in [1.82, 2.24) is 4.98 Å². The van der Waals surface area contributed by atoms with Crippen LogP contribution < -0.4 is 9.80 Å². The number of piperidine rings is 1.